The van der Waals surface area contributed by atoms with Crippen molar-refractivity contribution in [2.24, 2.45) is 0 Å². The first-order valence-electron chi connectivity index (χ1n) is 5.44. The zero-order chi connectivity index (χ0) is 12.8. The molecule has 2 rings (SSSR count). The third kappa shape index (κ3) is 2.98. The van der Waals surface area contributed by atoms with Gasteiger partial charge in [0.05, 0.1) is 6.54 Å². The van der Waals surface area contributed by atoms with Gasteiger partial charge in [-0.15, -0.1) is 0 Å². The van der Waals surface area contributed by atoms with Gasteiger partial charge in [0.15, 0.2) is 5.75 Å². The summed E-state index contributed by atoms with van der Waals surface area (Å²) >= 11 is 0. The number of carbonyl (C=O) groups is 1. The summed E-state index contributed by atoms with van der Waals surface area (Å²) in [6.45, 7) is 0.328. The Labute approximate surface area is 105 Å². The standard InChI is InChI=1S/C13H13N3O2/c14-10-3-5-11(6-4-10)18-13-2-1-7-16-12(13)8-15-9-17/h1-7,9H,8,14H2,(H,15,17). The number of anilines is 1. The third-order valence-electron chi connectivity index (χ3n) is 2.31. The lowest BCUT2D eigenvalue weighted by Crippen LogP contribution is -2.11. The summed E-state index contributed by atoms with van der Waals surface area (Å²) in [5.41, 5.74) is 6.94. The van der Waals surface area contributed by atoms with Gasteiger partial charge in [-0.25, -0.2) is 0 Å². The van der Waals surface area contributed by atoms with Crippen LogP contribution in [0.3, 0.4) is 0 Å². The lowest BCUT2D eigenvalue weighted by molar-refractivity contribution is -0.109. The normalized spacial score (nSPS) is 9.78. The smallest absolute Gasteiger partial charge is 0.207 e. The molecule has 0 unspecified atom stereocenters. The van der Waals surface area contributed by atoms with Gasteiger partial charge in [0.1, 0.15) is 11.4 Å². The van der Waals surface area contributed by atoms with E-state index in [4.69, 9.17) is 10.5 Å². The number of benzene rings is 1. The van der Waals surface area contributed by atoms with Crippen molar-refractivity contribution in [3.05, 3.63) is 48.3 Å². The maximum absolute atomic E-state index is 10.3. The van der Waals surface area contributed by atoms with Crippen LogP contribution in [0, 0.1) is 0 Å². The van der Waals surface area contributed by atoms with Crippen molar-refractivity contribution in [3.63, 3.8) is 0 Å². The van der Waals surface area contributed by atoms with E-state index in [-0.39, 0.29) is 0 Å². The molecule has 5 nitrogen and oxygen atoms in total. The van der Waals surface area contributed by atoms with Gasteiger partial charge >= 0.3 is 0 Å². The van der Waals surface area contributed by atoms with Crippen molar-refractivity contribution in [2.75, 3.05) is 5.73 Å². The van der Waals surface area contributed by atoms with Gasteiger partial charge in [0.25, 0.3) is 0 Å². The molecule has 0 spiro atoms. The fourth-order valence-electron chi connectivity index (χ4n) is 1.45. The molecule has 0 aliphatic heterocycles. The molecule has 0 radical (unpaired) electrons. The SMILES string of the molecule is Nc1ccc(Oc2cccnc2CNC=O)cc1. The molecule has 18 heavy (non-hydrogen) atoms. The summed E-state index contributed by atoms with van der Waals surface area (Å²) < 4.78 is 5.69. The molecule has 0 saturated heterocycles. The maximum Gasteiger partial charge on any atom is 0.207 e. The van der Waals surface area contributed by atoms with Crippen LogP contribution in [0.5, 0.6) is 11.5 Å². The van der Waals surface area contributed by atoms with Gasteiger partial charge in [-0.1, -0.05) is 0 Å². The number of nitrogens with zero attached hydrogens (tertiary/aromatic N) is 1. The molecule has 5 heteroatoms. The van der Waals surface area contributed by atoms with E-state index in [2.05, 4.69) is 10.3 Å². The molecular formula is C13H13N3O2. The maximum atomic E-state index is 10.3. The fourth-order valence-corrected chi connectivity index (χ4v) is 1.45. The predicted molar refractivity (Wildman–Crippen MR) is 68.1 cm³/mol. The van der Waals surface area contributed by atoms with Crippen LogP contribution in [-0.4, -0.2) is 11.4 Å². The van der Waals surface area contributed by atoms with Crippen LogP contribution in [0.4, 0.5) is 5.69 Å². The summed E-state index contributed by atoms with van der Waals surface area (Å²) in [6, 6.07) is 10.6. The van der Waals surface area contributed by atoms with E-state index in [1.807, 2.05) is 0 Å². The second kappa shape index (κ2) is 5.67. The highest BCUT2D eigenvalue weighted by molar-refractivity contribution is 5.47. The molecule has 1 aromatic heterocycles. The molecule has 2 aromatic rings. The van der Waals surface area contributed by atoms with Gasteiger partial charge in [-0.2, -0.15) is 0 Å². The summed E-state index contributed by atoms with van der Waals surface area (Å²) in [4.78, 5) is 14.5. The summed E-state index contributed by atoms with van der Waals surface area (Å²) in [5, 5.41) is 2.56. The lowest BCUT2D eigenvalue weighted by atomic mass is 10.3. The number of pyridine rings is 1. The van der Waals surface area contributed by atoms with Crippen LogP contribution in [0.1, 0.15) is 5.69 Å². The van der Waals surface area contributed by atoms with Crippen molar-refractivity contribution >= 4 is 12.1 Å². The van der Waals surface area contributed by atoms with E-state index in [1.54, 1.807) is 42.6 Å². The van der Waals surface area contributed by atoms with Crippen LogP contribution in [0.25, 0.3) is 0 Å². The molecule has 92 valence electrons. The van der Waals surface area contributed by atoms with Crippen molar-refractivity contribution in [2.45, 2.75) is 6.54 Å². The molecule has 0 atom stereocenters. The van der Waals surface area contributed by atoms with E-state index in [0.29, 0.717) is 35.8 Å². The Balaban J connectivity index is 2.17. The molecule has 0 saturated carbocycles. The Hall–Kier alpha value is -2.56. The molecule has 0 fully saturated rings. The molecule has 1 heterocycles. The third-order valence-corrected chi connectivity index (χ3v) is 2.31. The Kier molecular flexibility index (Phi) is 3.76. The number of carbonyl (C=O) groups excluding carboxylic acids is 1. The predicted octanol–water partition coefficient (Wildman–Crippen LogP) is 1.70. The van der Waals surface area contributed by atoms with Gasteiger partial charge in [0, 0.05) is 11.9 Å². The number of hydrogen-bond acceptors (Lipinski definition) is 4. The zero-order valence-electron chi connectivity index (χ0n) is 9.67. The van der Waals surface area contributed by atoms with Crippen molar-refractivity contribution in [1.29, 1.82) is 0 Å². The second-order valence-corrected chi connectivity index (χ2v) is 3.62. The van der Waals surface area contributed by atoms with Crippen molar-refractivity contribution in [3.8, 4) is 11.5 Å². The summed E-state index contributed by atoms with van der Waals surface area (Å²) in [6.07, 6.45) is 2.28. The first kappa shape index (κ1) is 11.9. The largest absolute Gasteiger partial charge is 0.455 e. The average Bonchev–Trinajstić information content (AvgIpc) is 2.40. The van der Waals surface area contributed by atoms with Gasteiger partial charge < -0.3 is 15.8 Å². The van der Waals surface area contributed by atoms with Crippen LogP contribution in [0.2, 0.25) is 0 Å². The summed E-state index contributed by atoms with van der Waals surface area (Å²) in [5.74, 6) is 1.28. The van der Waals surface area contributed by atoms with Gasteiger partial charge in [-0.3, -0.25) is 9.78 Å². The van der Waals surface area contributed by atoms with Crippen molar-refractivity contribution in [1.82, 2.24) is 10.3 Å². The van der Waals surface area contributed by atoms with Crippen LogP contribution < -0.4 is 15.8 Å². The number of amides is 1. The first-order valence-corrected chi connectivity index (χ1v) is 5.44. The quantitative estimate of drug-likeness (QED) is 0.619. The minimum absolute atomic E-state index is 0.328. The summed E-state index contributed by atoms with van der Waals surface area (Å²) in [7, 11) is 0. The minimum Gasteiger partial charge on any atom is -0.455 e. The Morgan fingerprint density at radius 1 is 1.28 bits per heavy atom. The molecular weight excluding hydrogens is 230 g/mol. The molecule has 0 aliphatic carbocycles. The monoisotopic (exact) mass is 243 g/mol. The molecule has 0 aliphatic rings. The van der Waals surface area contributed by atoms with Gasteiger partial charge in [-0.05, 0) is 36.4 Å². The van der Waals surface area contributed by atoms with Gasteiger partial charge in [0.2, 0.25) is 6.41 Å². The fraction of sp³-hybridized carbons (Fsp3) is 0.0769. The number of nitrogen functional groups attached to an aromatic ring is 1. The Bertz CT molecular complexity index is 526. The lowest BCUT2D eigenvalue weighted by Gasteiger charge is -2.09. The highest BCUT2D eigenvalue weighted by Gasteiger charge is 2.05. The average molecular weight is 243 g/mol. The molecule has 1 aromatic carbocycles. The highest BCUT2D eigenvalue weighted by atomic mass is 16.5. The Morgan fingerprint density at radius 3 is 2.78 bits per heavy atom. The minimum atomic E-state index is 0.328. The second-order valence-electron chi connectivity index (χ2n) is 3.62. The van der Waals surface area contributed by atoms with E-state index in [0.717, 1.165) is 0 Å². The molecule has 0 bridgehead atoms. The molecule has 1 amide bonds. The zero-order valence-corrected chi connectivity index (χ0v) is 9.67. The van der Waals surface area contributed by atoms with E-state index < -0.39 is 0 Å². The van der Waals surface area contributed by atoms with Crippen molar-refractivity contribution < 1.29 is 9.53 Å². The van der Waals surface area contributed by atoms with E-state index >= 15 is 0 Å². The number of nitrogens with one attached hydrogen (secondary N) is 1. The number of nitrogens with two attached hydrogens (primary N) is 1. The topological polar surface area (TPSA) is 77.2 Å². The van der Waals surface area contributed by atoms with Crippen LogP contribution in [-0.2, 0) is 11.3 Å². The van der Waals surface area contributed by atoms with E-state index in [9.17, 15) is 4.79 Å². The number of aromatic nitrogens is 1. The Morgan fingerprint density at radius 2 is 2.06 bits per heavy atom. The number of ether oxygens (including phenoxy) is 1. The number of hydrogen-bond donors (Lipinski definition) is 2. The number of rotatable bonds is 5. The van der Waals surface area contributed by atoms with Crippen LogP contribution >= 0.6 is 0 Å². The van der Waals surface area contributed by atoms with Crippen LogP contribution in [0.15, 0.2) is 42.6 Å². The van der Waals surface area contributed by atoms with E-state index in [1.165, 1.54) is 0 Å². The highest BCUT2D eigenvalue weighted by Crippen LogP contribution is 2.24. The molecule has 3 N–H and O–H groups in total. The first-order chi connectivity index (χ1) is 8.79.